The summed E-state index contributed by atoms with van der Waals surface area (Å²) in [6.45, 7) is 4.88. The Morgan fingerprint density at radius 3 is 1.50 bits per heavy atom. The first kappa shape index (κ1) is 26.7. The van der Waals surface area contributed by atoms with Crippen molar-refractivity contribution >= 4 is 5.97 Å². The topological polar surface area (TPSA) is 26.3 Å². The molecule has 0 saturated carbocycles. The molecule has 0 aromatic heterocycles. The molecule has 1 rings (SSSR count). The van der Waals surface area contributed by atoms with E-state index in [0.29, 0.717) is 13.0 Å². The largest absolute Gasteiger partial charge is 0.461 e. The fraction of sp³-hybridized carbons (Fsp3) is 0.750. The maximum absolute atomic E-state index is 11.9. The highest BCUT2D eigenvalue weighted by molar-refractivity contribution is 5.69. The van der Waals surface area contributed by atoms with Gasteiger partial charge >= 0.3 is 5.97 Å². The summed E-state index contributed by atoms with van der Waals surface area (Å²) in [4.78, 5) is 11.9. The van der Waals surface area contributed by atoms with E-state index in [0.717, 1.165) is 31.2 Å². The van der Waals surface area contributed by atoms with E-state index in [1.165, 1.54) is 89.0 Å². The van der Waals surface area contributed by atoms with Gasteiger partial charge in [0.25, 0.3) is 0 Å². The molecular formula is C28H48O2. The van der Waals surface area contributed by atoms with Crippen LogP contribution in [0.3, 0.4) is 0 Å². The Kier molecular flexibility index (Phi) is 17.5. The normalized spacial score (nSPS) is 11.0. The number of rotatable bonds is 20. The number of hydrogen-bond donors (Lipinski definition) is 0. The number of esters is 1. The van der Waals surface area contributed by atoms with E-state index < -0.39 is 0 Å². The first-order valence-corrected chi connectivity index (χ1v) is 13.0. The summed E-state index contributed by atoms with van der Waals surface area (Å²) in [6.07, 6.45) is 23.0. The molecule has 0 amide bonds. The van der Waals surface area contributed by atoms with E-state index in [4.69, 9.17) is 4.74 Å². The van der Waals surface area contributed by atoms with Crippen LogP contribution in [0.2, 0.25) is 0 Å². The van der Waals surface area contributed by atoms with Gasteiger partial charge in [0.2, 0.25) is 0 Å². The lowest BCUT2D eigenvalue weighted by atomic mass is 10.0. The van der Waals surface area contributed by atoms with Crippen LogP contribution in [0, 0.1) is 0 Å². The fourth-order valence-electron chi connectivity index (χ4n) is 3.97. The van der Waals surface area contributed by atoms with Crippen molar-refractivity contribution in [1.82, 2.24) is 0 Å². The Morgan fingerprint density at radius 1 is 0.600 bits per heavy atom. The van der Waals surface area contributed by atoms with Crippen molar-refractivity contribution in [3.05, 3.63) is 35.4 Å². The molecule has 0 fully saturated rings. The van der Waals surface area contributed by atoms with Gasteiger partial charge in [-0.1, -0.05) is 134 Å². The molecule has 30 heavy (non-hydrogen) atoms. The minimum absolute atomic E-state index is 0.0534. The second-order valence-electron chi connectivity index (χ2n) is 8.93. The molecule has 0 aliphatic heterocycles. The molecule has 1 aromatic carbocycles. The second-order valence-corrected chi connectivity index (χ2v) is 8.93. The molecule has 0 N–H and O–H groups in total. The van der Waals surface area contributed by atoms with Gasteiger partial charge < -0.3 is 4.74 Å². The average Bonchev–Trinajstić information content (AvgIpc) is 2.76. The average molecular weight is 417 g/mol. The number of benzene rings is 1. The van der Waals surface area contributed by atoms with Gasteiger partial charge in [-0.05, 0) is 24.0 Å². The SMILES string of the molecule is CCCCCCCCCCCCCCCCCC(=O)OCc1ccc(CCC)cc1. The Bertz CT molecular complexity index is 506. The van der Waals surface area contributed by atoms with Gasteiger partial charge in [-0.25, -0.2) is 0 Å². The number of aryl methyl sites for hydroxylation is 1. The van der Waals surface area contributed by atoms with Crippen LogP contribution >= 0.6 is 0 Å². The molecule has 2 nitrogen and oxygen atoms in total. The Hall–Kier alpha value is -1.31. The van der Waals surface area contributed by atoms with Crippen LogP contribution in [0.15, 0.2) is 24.3 Å². The minimum Gasteiger partial charge on any atom is -0.461 e. The number of unbranched alkanes of at least 4 members (excludes halogenated alkanes) is 14. The van der Waals surface area contributed by atoms with Gasteiger partial charge in [-0.3, -0.25) is 4.79 Å². The Morgan fingerprint density at radius 2 is 1.03 bits per heavy atom. The summed E-state index contributed by atoms with van der Waals surface area (Å²) in [5.74, 6) is -0.0534. The lowest BCUT2D eigenvalue weighted by Gasteiger charge is -2.06. The van der Waals surface area contributed by atoms with E-state index in [-0.39, 0.29) is 5.97 Å². The molecule has 0 unspecified atom stereocenters. The highest BCUT2D eigenvalue weighted by Crippen LogP contribution is 2.14. The summed E-state index contributed by atoms with van der Waals surface area (Å²) in [7, 11) is 0. The number of ether oxygens (including phenoxy) is 1. The molecule has 0 aliphatic carbocycles. The third kappa shape index (κ3) is 15.5. The van der Waals surface area contributed by atoms with Crippen molar-refractivity contribution < 1.29 is 9.53 Å². The molecule has 0 spiro atoms. The van der Waals surface area contributed by atoms with Gasteiger partial charge in [-0.15, -0.1) is 0 Å². The highest BCUT2D eigenvalue weighted by atomic mass is 16.5. The van der Waals surface area contributed by atoms with Crippen LogP contribution in [0.4, 0.5) is 0 Å². The van der Waals surface area contributed by atoms with E-state index in [1.54, 1.807) is 0 Å². The zero-order chi connectivity index (χ0) is 21.7. The van der Waals surface area contributed by atoms with Gasteiger partial charge in [-0.2, -0.15) is 0 Å². The quantitative estimate of drug-likeness (QED) is 0.157. The molecule has 0 aliphatic rings. The van der Waals surface area contributed by atoms with E-state index in [1.807, 2.05) is 0 Å². The van der Waals surface area contributed by atoms with Crippen LogP contribution in [-0.4, -0.2) is 5.97 Å². The molecular weight excluding hydrogens is 368 g/mol. The van der Waals surface area contributed by atoms with Crippen molar-refractivity contribution in [2.75, 3.05) is 0 Å². The fourth-order valence-corrected chi connectivity index (χ4v) is 3.97. The van der Waals surface area contributed by atoms with E-state index >= 15 is 0 Å². The van der Waals surface area contributed by atoms with Crippen molar-refractivity contribution in [1.29, 1.82) is 0 Å². The summed E-state index contributed by atoms with van der Waals surface area (Å²) in [5, 5.41) is 0. The van der Waals surface area contributed by atoms with Crippen LogP contribution in [-0.2, 0) is 22.6 Å². The van der Waals surface area contributed by atoms with Gasteiger partial charge in [0.15, 0.2) is 0 Å². The summed E-state index contributed by atoms with van der Waals surface area (Å²) in [5.41, 5.74) is 2.44. The zero-order valence-electron chi connectivity index (χ0n) is 20.1. The summed E-state index contributed by atoms with van der Waals surface area (Å²) < 4.78 is 5.41. The molecule has 0 saturated heterocycles. The standard InChI is InChI=1S/C28H48O2/c1-3-5-6-7-8-9-10-11-12-13-14-15-16-17-18-20-28(29)30-25-27-23-21-26(19-4-2)22-24-27/h21-24H,3-20,25H2,1-2H3. The maximum atomic E-state index is 11.9. The smallest absolute Gasteiger partial charge is 0.306 e. The van der Waals surface area contributed by atoms with Crippen molar-refractivity contribution in [2.24, 2.45) is 0 Å². The number of hydrogen-bond acceptors (Lipinski definition) is 2. The van der Waals surface area contributed by atoms with Crippen molar-refractivity contribution in [3.8, 4) is 0 Å². The molecule has 1 aromatic rings. The monoisotopic (exact) mass is 416 g/mol. The molecule has 0 atom stereocenters. The lowest BCUT2D eigenvalue weighted by molar-refractivity contribution is -0.145. The zero-order valence-corrected chi connectivity index (χ0v) is 20.1. The predicted molar refractivity (Wildman–Crippen MR) is 130 cm³/mol. The van der Waals surface area contributed by atoms with Crippen LogP contribution in [0.5, 0.6) is 0 Å². The van der Waals surface area contributed by atoms with Crippen LogP contribution in [0.1, 0.15) is 134 Å². The second kappa shape index (κ2) is 19.6. The first-order chi connectivity index (χ1) is 14.8. The molecule has 2 heteroatoms. The van der Waals surface area contributed by atoms with Crippen molar-refractivity contribution in [2.45, 2.75) is 136 Å². The van der Waals surface area contributed by atoms with Crippen molar-refractivity contribution in [3.63, 3.8) is 0 Å². The third-order valence-corrected chi connectivity index (χ3v) is 5.95. The summed E-state index contributed by atoms with van der Waals surface area (Å²) in [6, 6.07) is 8.43. The molecule has 172 valence electrons. The number of carbonyl (C=O) groups excluding carboxylic acids is 1. The van der Waals surface area contributed by atoms with Crippen LogP contribution in [0.25, 0.3) is 0 Å². The Labute approximate surface area is 187 Å². The molecule has 0 bridgehead atoms. The predicted octanol–water partition coefficient (Wildman–Crippen LogP) is 8.94. The van der Waals surface area contributed by atoms with Gasteiger partial charge in [0.1, 0.15) is 6.61 Å². The molecule has 0 heterocycles. The Balaban J connectivity index is 1.84. The van der Waals surface area contributed by atoms with E-state index in [9.17, 15) is 4.79 Å². The number of carbonyl (C=O) groups is 1. The third-order valence-electron chi connectivity index (χ3n) is 5.95. The summed E-state index contributed by atoms with van der Waals surface area (Å²) >= 11 is 0. The lowest BCUT2D eigenvalue weighted by Crippen LogP contribution is -2.04. The first-order valence-electron chi connectivity index (χ1n) is 13.0. The highest BCUT2D eigenvalue weighted by Gasteiger charge is 2.04. The minimum atomic E-state index is -0.0534. The van der Waals surface area contributed by atoms with Gasteiger partial charge in [0.05, 0.1) is 0 Å². The van der Waals surface area contributed by atoms with Crippen LogP contribution < -0.4 is 0 Å². The van der Waals surface area contributed by atoms with E-state index in [2.05, 4.69) is 38.1 Å². The molecule has 0 radical (unpaired) electrons. The van der Waals surface area contributed by atoms with Gasteiger partial charge in [0, 0.05) is 6.42 Å². The maximum Gasteiger partial charge on any atom is 0.306 e.